The Balaban J connectivity index is 2.64. The number of nitrogens with one attached hydrogen (secondary N) is 1. The first-order valence-corrected chi connectivity index (χ1v) is 7.61. The smallest absolute Gasteiger partial charge is 0.0682 e. The Morgan fingerprint density at radius 1 is 1.42 bits per heavy atom. The summed E-state index contributed by atoms with van der Waals surface area (Å²) >= 11 is 0. The Morgan fingerprint density at radius 3 is 2.63 bits per heavy atom. The normalized spacial score (nSPS) is 27.9. The number of aliphatic hydroxyl groups excluding tert-OH is 1. The molecule has 0 aliphatic carbocycles. The van der Waals surface area contributed by atoms with Crippen LogP contribution in [0.15, 0.2) is 0 Å². The molecular formula is C15H33N3O. The summed E-state index contributed by atoms with van der Waals surface area (Å²) in [6, 6.07) is 0.498. The van der Waals surface area contributed by atoms with Crippen LogP contribution in [0, 0.1) is 5.41 Å². The van der Waals surface area contributed by atoms with Gasteiger partial charge in [0.25, 0.3) is 0 Å². The van der Waals surface area contributed by atoms with E-state index in [4.69, 9.17) is 0 Å². The monoisotopic (exact) mass is 271 g/mol. The molecule has 1 fully saturated rings. The van der Waals surface area contributed by atoms with Crippen molar-refractivity contribution < 1.29 is 5.11 Å². The van der Waals surface area contributed by atoms with E-state index in [1.165, 1.54) is 12.8 Å². The number of likely N-dealkylation sites (N-methyl/N-ethyl adjacent to an activating group) is 1. The number of likely N-dealkylation sites (tertiary alicyclic amines) is 1. The van der Waals surface area contributed by atoms with Gasteiger partial charge in [-0.2, -0.15) is 0 Å². The van der Waals surface area contributed by atoms with Gasteiger partial charge in [0, 0.05) is 32.2 Å². The van der Waals surface area contributed by atoms with Crippen LogP contribution in [0.25, 0.3) is 0 Å². The Kier molecular flexibility index (Phi) is 6.74. The lowest BCUT2D eigenvalue weighted by Crippen LogP contribution is -2.46. The summed E-state index contributed by atoms with van der Waals surface area (Å²) in [5, 5.41) is 13.3. The first kappa shape index (κ1) is 16.9. The van der Waals surface area contributed by atoms with Crippen molar-refractivity contribution in [3.8, 4) is 0 Å². The van der Waals surface area contributed by atoms with Gasteiger partial charge in [-0.1, -0.05) is 20.3 Å². The highest BCUT2D eigenvalue weighted by Crippen LogP contribution is 2.28. The van der Waals surface area contributed by atoms with E-state index in [9.17, 15) is 5.11 Å². The van der Waals surface area contributed by atoms with Crippen LogP contribution < -0.4 is 5.32 Å². The number of β-amino-alcohol motifs (C(OH)–C–C–N with tert-alkyl or cyclic N) is 1. The van der Waals surface area contributed by atoms with Gasteiger partial charge in [0.1, 0.15) is 0 Å². The molecule has 0 radical (unpaired) electrons. The first-order valence-electron chi connectivity index (χ1n) is 7.61. The highest BCUT2D eigenvalue weighted by atomic mass is 16.3. The summed E-state index contributed by atoms with van der Waals surface area (Å²) in [6.07, 6.45) is 3.22. The third kappa shape index (κ3) is 5.38. The van der Waals surface area contributed by atoms with E-state index in [-0.39, 0.29) is 6.10 Å². The number of rotatable bonds is 8. The topological polar surface area (TPSA) is 38.7 Å². The first-order chi connectivity index (χ1) is 8.90. The van der Waals surface area contributed by atoms with Crippen LogP contribution in [0.2, 0.25) is 0 Å². The summed E-state index contributed by atoms with van der Waals surface area (Å²) in [6.45, 7) is 8.62. The van der Waals surface area contributed by atoms with E-state index < -0.39 is 0 Å². The molecule has 1 saturated heterocycles. The lowest BCUT2D eigenvalue weighted by Gasteiger charge is -2.37. The van der Waals surface area contributed by atoms with Gasteiger partial charge in [-0.05, 0) is 39.4 Å². The average molecular weight is 271 g/mol. The van der Waals surface area contributed by atoms with Gasteiger partial charge in [-0.15, -0.1) is 0 Å². The standard InChI is InChI=1S/C15H33N3O/c1-6-7-15(2,11-16-3)12-18-10-14(19)8-13(18)9-17(4)5/h13-14,16,19H,6-12H2,1-5H3. The van der Waals surface area contributed by atoms with Crippen molar-refractivity contribution in [1.82, 2.24) is 15.1 Å². The average Bonchev–Trinajstić information content (AvgIpc) is 2.57. The fraction of sp³-hybridized carbons (Fsp3) is 1.00. The highest BCUT2D eigenvalue weighted by Gasteiger charge is 2.35. The summed E-state index contributed by atoms with van der Waals surface area (Å²) in [5.74, 6) is 0. The summed E-state index contributed by atoms with van der Waals surface area (Å²) in [7, 11) is 6.26. The molecule has 4 heteroatoms. The maximum absolute atomic E-state index is 9.96. The predicted octanol–water partition coefficient (Wildman–Crippen LogP) is 1.01. The van der Waals surface area contributed by atoms with E-state index in [1.807, 2.05) is 7.05 Å². The minimum Gasteiger partial charge on any atom is -0.392 e. The van der Waals surface area contributed by atoms with E-state index in [1.54, 1.807) is 0 Å². The number of nitrogens with zero attached hydrogens (tertiary/aromatic N) is 2. The van der Waals surface area contributed by atoms with E-state index in [0.717, 1.165) is 32.6 Å². The summed E-state index contributed by atoms with van der Waals surface area (Å²) in [5.41, 5.74) is 0.304. The van der Waals surface area contributed by atoms with E-state index in [2.05, 4.69) is 43.1 Å². The van der Waals surface area contributed by atoms with Crippen LogP contribution in [-0.2, 0) is 0 Å². The number of aliphatic hydroxyl groups is 1. The summed E-state index contributed by atoms with van der Waals surface area (Å²) in [4.78, 5) is 4.72. The van der Waals surface area contributed by atoms with Crippen LogP contribution in [0.3, 0.4) is 0 Å². The highest BCUT2D eigenvalue weighted by molar-refractivity contribution is 4.91. The van der Waals surface area contributed by atoms with Crippen LogP contribution in [0.5, 0.6) is 0 Å². The Morgan fingerprint density at radius 2 is 2.11 bits per heavy atom. The minimum absolute atomic E-state index is 0.148. The Bertz CT molecular complexity index is 252. The van der Waals surface area contributed by atoms with Crippen molar-refractivity contribution >= 4 is 0 Å². The molecule has 2 N–H and O–H groups in total. The van der Waals surface area contributed by atoms with Crippen molar-refractivity contribution in [3.63, 3.8) is 0 Å². The number of hydrogen-bond donors (Lipinski definition) is 2. The molecule has 1 aliphatic rings. The molecule has 0 amide bonds. The molecule has 3 unspecified atom stereocenters. The molecule has 4 nitrogen and oxygen atoms in total. The number of hydrogen-bond acceptors (Lipinski definition) is 4. The van der Waals surface area contributed by atoms with Crippen LogP contribution in [0.4, 0.5) is 0 Å². The molecule has 114 valence electrons. The van der Waals surface area contributed by atoms with Gasteiger partial charge >= 0.3 is 0 Å². The molecule has 19 heavy (non-hydrogen) atoms. The summed E-state index contributed by atoms with van der Waals surface area (Å²) < 4.78 is 0. The molecule has 1 aliphatic heterocycles. The van der Waals surface area contributed by atoms with E-state index in [0.29, 0.717) is 11.5 Å². The lowest BCUT2D eigenvalue weighted by molar-refractivity contribution is 0.116. The van der Waals surface area contributed by atoms with Crippen LogP contribution in [0.1, 0.15) is 33.1 Å². The molecule has 1 rings (SSSR count). The largest absolute Gasteiger partial charge is 0.392 e. The molecule has 0 aromatic carbocycles. The Hall–Kier alpha value is -0.160. The van der Waals surface area contributed by atoms with Gasteiger partial charge in [0.05, 0.1) is 6.10 Å². The maximum Gasteiger partial charge on any atom is 0.0682 e. The third-order valence-corrected chi connectivity index (χ3v) is 4.12. The van der Waals surface area contributed by atoms with Gasteiger partial charge in [-0.3, -0.25) is 4.90 Å². The lowest BCUT2D eigenvalue weighted by atomic mass is 9.84. The van der Waals surface area contributed by atoms with Gasteiger partial charge in [0.2, 0.25) is 0 Å². The predicted molar refractivity (Wildman–Crippen MR) is 81.5 cm³/mol. The zero-order valence-corrected chi connectivity index (χ0v) is 13.4. The molecular weight excluding hydrogens is 238 g/mol. The van der Waals surface area contributed by atoms with Crippen molar-refractivity contribution in [2.75, 3.05) is 47.3 Å². The van der Waals surface area contributed by atoms with Crippen LogP contribution >= 0.6 is 0 Å². The van der Waals surface area contributed by atoms with Gasteiger partial charge < -0.3 is 15.3 Å². The second-order valence-electron chi connectivity index (χ2n) is 6.83. The maximum atomic E-state index is 9.96. The molecule has 0 aromatic heterocycles. The van der Waals surface area contributed by atoms with Crippen molar-refractivity contribution in [2.24, 2.45) is 5.41 Å². The third-order valence-electron chi connectivity index (χ3n) is 4.12. The van der Waals surface area contributed by atoms with Crippen molar-refractivity contribution in [1.29, 1.82) is 0 Å². The Labute approximate surface area is 119 Å². The molecule has 3 atom stereocenters. The molecule has 0 saturated carbocycles. The quantitative estimate of drug-likeness (QED) is 0.691. The SMILES string of the molecule is CCCC(C)(CNC)CN1CC(O)CC1CN(C)C. The zero-order valence-electron chi connectivity index (χ0n) is 13.4. The van der Waals surface area contributed by atoms with Gasteiger partial charge in [0.15, 0.2) is 0 Å². The van der Waals surface area contributed by atoms with E-state index >= 15 is 0 Å². The van der Waals surface area contributed by atoms with Crippen molar-refractivity contribution in [3.05, 3.63) is 0 Å². The van der Waals surface area contributed by atoms with Crippen LogP contribution in [-0.4, -0.2) is 74.4 Å². The molecule has 0 aromatic rings. The second kappa shape index (κ2) is 7.58. The molecule has 0 bridgehead atoms. The fourth-order valence-corrected chi connectivity index (χ4v) is 3.51. The zero-order chi connectivity index (χ0) is 14.5. The van der Waals surface area contributed by atoms with Gasteiger partial charge in [-0.25, -0.2) is 0 Å². The molecule has 0 spiro atoms. The molecule has 1 heterocycles. The fourth-order valence-electron chi connectivity index (χ4n) is 3.51. The van der Waals surface area contributed by atoms with Crippen molar-refractivity contribution in [2.45, 2.75) is 45.3 Å². The minimum atomic E-state index is -0.148. The second-order valence-corrected chi connectivity index (χ2v) is 6.83.